The molecule has 5 atom stereocenters. The zero-order valence-corrected chi connectivity index (χ0v) is 7.20. The molecule has 0 aromatic carbocycles. The van der Waals surface area contributed by atoms with Crippen LogP contribution in [0.4, 0.5) is 0 Å². The Morgan fingerprint density at radius 2 is 1.77 bits per heavy atom. The maximum atomic E-state index is 9.28. The number of aliphatic hydroxyl groups is 4. The monoisotopic (exact) mass is 194 g/mol. The van der Waals surface area contributed by atoms with E-state index in [9.17, 15) is 15.3 Å². The van der Waals surface area contributed by atoms with E-state index in [1.54, 1.807) is 0 Å². The van der Waals surface area contributed by atoms with Crippen molar-refractivity contribution in [1.82, 2.24) is 0 Å². The number of methoxy groups -OCH3 is 1. The van der Waals surface area contributed by atoms with E-state index in [2.05, 4.69) is 0 Å². The van der Waals surface area contributed by atoms with Gasteiger partial charge in [0.1, 0.15) is 24.4 Å². The fraction of sp³-hybridized carbons (Fsp3) is 1.00. The summed E-state index contributed by atoms with van der Waals surface area (Å²) < 4.78 is 9.65. The average Bonchev–Trinajstić information content (AvgIpc) is 2.15. The molecule has 1 fully saturated rings. The van der Waals surface area contributed by atoms with Crippen LogP contribution in [-0.2, 0) is 9.47 Å². The molecule has 0 aromatic heterocycles. The van der Waals surface area contributed by atoms with Gasteiger partial charge < -0.3 is 29.9 Å². The topological polar surface area (TPSA) is 99.4 Å². The second kappa shape index (κ2) is 4.32. The molecule has 0 saturated carbocycles. The quantitative estimate of drug-likeness (QED) is 0.386. The van der Waals surface area contributed by atoms with E-state index in [0.29, 0.717) is 0 Å². The van der Waals surface area contributed by atoms with Crippen molar-refractivity contribution in [3.05, 3.63) is 0 Å². The van der Waals surface area contributed by atoms with Crippen LogP contribution in [0.25, 0.3) is 0 Å². The summed E-state index contributed by atoms with van der Waals surface area (Å²) in [5, 5.41) is 36.6. The summed E-state index contributed by atoms with van der Waals surface area (Å²) in [6.45, 7) is -0.440. The van der Waals surface area contributed by atoms with Gasteiger partial charge in [-0.2, -0.15) is 0 Å². The summed E-state index contributed by atoms with van der Waals surface area (Å²) in [5.41, 5.74) is 0. The van der Waals surface area contributed by atoms with Gasteiger partial charge in [0.05, 0.1) is 6.61 Å². The van der Waals surface area contributed by atoms with Crippen LogP contribution in [0.3, 0.4) is 0 Å². The summed E-state index contributed by atoms with van der Waals surface area (Å²) in [7, 11) is 1.30. The van der Waals surface area contributed by atoms with E-state index < -0.39 is 37.3 Å². The van der Waals surface area contributed by atoms with Gasteiger partial charge in [0.2, 0.25) is 0 Å². The first-order chi connectivity index (χ1) is 6.11. The van der Waals surface area contributed by atoms with Crippen LogP contribution in [0.1, 0.15) is 0 Å². The predicted octanol–water partition coefficient (Wildman–Crippen LogP) is -2.57. The van der Waals surface area contributed by atoms with Crippen molar-refractivity contribution >= 4 is 0 Å². The van der Waals surface area contributed by atoms with Gasteiger partial charge in [0.25, 0.3) is 0 Å². The fourth-order valence-corrected chi connectivity index (χ4v) is 1.26. The van der Waals surface area contributed by atoms with Gasteiger partial charge in [0.15, 0.2) is 6.29 Å². The van der Waals surface area contributed by atoms with Gasteiger partial charge in [-0.05, 0) is 0 Å². The molecule has 6 nitrogen and oxygen atoms in total. The fourth-order valence-electron chi connectivity index (χ4n) is 1.26. The van der Waals surface area contributed by atoms with E-state index >= 15 is 0 Å². The van der Waals surface area contributed by atoms with Crippen molar-refractivity contribution in [2.24, 2.45) is 0 Å². The van der Waals surface area contributed by atoms with Gasteiger partial charge in [0, 0.05) is 7.11 Å². The van der Waals surface area contributed by atoms with E-state index in [0.717, 1.165) is 0 Å². The first-order valence-corrected chi connectivity index (χ1v) is 3.95. The predicted molar refractivity (Wildman–Crippen MR) is 40.8 cm³/mol. The van der Waals surface area contributed by atoms with E-state index in [4.69, 9.17) is 14.6 Å². The lowest BCUT2D eigenvalue weighted by Crippen LogP contribution is -2.58. The summed E-state index contributed by atoms with van der Waals surface area (Å²) in [5.74, 6) is 0. The number of hydrogen-bond donors (Lipinski definition) is 4. The maximum absolute atomic E-state index is 9.28. The normalized spacial score (nSPS) is 46.4. The van der Waals surface area contributed by atoms with Gasteiger partial charge >= 0.3 is 0 Å². The van der Waals surface area contributed by atoms with Gasteiger partial charge in [-0.1, -0.05) is 0 Å². The van der Waals surface area contributed by atoms with Gasteiger partial charge in [-0.25, -0.2) is 0 Å². The molecule has 0 radical (unpaired) electrons. The Balaban J connectivity index is 2.66. The molecule has 6 heteroatoms. The lowest BCUT2D eigenvalue weighted by molar-refractivity contribution is -0.294. The van der Waals surface area contributed by atoms with E-state index in [-0.39, 0.29) is 0 Å². The van der Waals surface area contributed by atoms with Crippen molar-refractivity contribution in [2.75, 3.05) is 13.7 Å². The lowest BCUT2D eigenvalue weighted by atomic mass is 9.99. The van der Waals surface area contributed by atoms with Crippen LogP contribution in [0.5, 0.6) is 0 Å². The summed E-state index contributed by atoms with van der Waals surface area (Å²) in [6, 6.07) is 0. The highest BCUT2D eigenvalue weighted by Gasteiger charge is 2.43. The number of aliphatic hydroxyl groups excluding tert-OH is 4. The molecule has 1 saturated heterocycles. The minimum Gasteiger partial charge on any atom is -0.394 e. The third-order valence-electron chi connectivity index (χ3n) is 2.08. The van der Waals surface area contributed by atoms with Crippen LogP contribution in [-0.4, -0.2) is 64.8 Å². The molecular formula is C7H14O6. The molecular weight excluding hydrogens is 180 g/mol. The largest absolute Gasteiger partial charge is 0.394 e. The summed E-state index contributed by atoms with van der Waals surface area (Å²) in [6.07, 6.45) is -5.91. The number of ether oxygens (including phenoxy) is 2. The van der Waals surface area contributed by atoms with Crippen molar-refractivity contribution in [2.45, 2.75) is 30.7 Å². The minimum atomic E-state index is -1.36. The first-order valence-electron chi connectivity index (χ1n) is 3.95. The molecule has 1 rings (SSSR count). The van der Waals surface area contributed by atoms with E-state index in [1.807, 2.05) is 0 Å². The van der Waals surface area contributed by atoms with Crippen molar-refractivity contribution in [3.63, 3.8) is 0 Å². The maximum Gasteiger partial charge on any atom is 0.186 e. The van der Waals surface area contributed by atoms with Gasteiger partial charge in [-0.3, -0.25) is 0 Å². The zero-order valence-electron chi connectivity index (χ0n) is 7.20. The Kier molecular flexibility index (Phi) is 3.60. The van der Waals surface area contributed by atoms with Crippen molar-refractivity contribution in [3.8, 4) is 0 Å². The highest BCUT2D eigenvalue weighted by Crippen LogP contribution is 2.20. The SMILES string of the molecule is CO[C@@H]1OC(CO)[C@H](O)[C@@H](O)[C@H]1O. The Morgan fingerprint density at radius 3 is 2.23 bits per heavy atom. The highest BCUT2D eigenvalue weighted by atomic mass is 16.7. The number of rotatable bonds is 2. The molecule has 4 N–H and O–H groups in total. The molecule has 0 bridgehead atoms. The molecule has 0 spiro atoms. The second-order valence-corrected chi connectivity index (χ2v) is 2.93. The summed E-state index contributed by atoms with van der Waals surface area (Å²) in [4.78, 5) is 0. The first kappa shape index (κ1) is 10.8. The van der Waals surface area contributed by atoms with Crippen LogP contribution < -0.4 is 0 Å². The van der Waals surface area contributed by atoms with Crippen molar-refractivity contribution < 1.29 is 29.9 Å². The summed E-state index contributed by atoms with van der Waals surface area (Å²) >= 11 is 0. The van der Waals surface area contributed by atoms with Gasteiger partial charge in [-0.15, -0.1) is 0 Å². The second-order valence-electron chi connectivity index (χ2n) is 2.93. The van der Waals surface area contributed by atoms with Crippen LogP contribution in [0.15, 0.2) is 0 Å². The molecule has 0 amide bonds. The molecule has 1 aliphatic heterocycles. The minimum absolute atomic E-state index is 0.440. The standard InChI is InChI=1S/C7H14O6/c1-12-7-6(11)5(10)4(9)3(2-8)13-7/h3-11H,2H2,1H3/t3?,4-,5+,6+,7+/m0/s1. The van der Waals surface area contributed by atoms with E-state index in [1.165, 1.54) is 7.11 Å². The number of hydrogen-bond acceptors (Lipinski definition) is 6. The van der Waals surface area contributed by atoms with Crippen LogP contribution in [0, 0.1) is 0 Å². The highest BCUT2D eigenvalue weighted by molar-refractivity contribution is 4.88. The Bertz CT molecular complexity index is 143. The average molecular weight is 194 g/mol. The molecule has 0 aliphatic carbocycles. The third kappa shape index (κ3) is 1.98. The Morgan fingerprint density at radius 1 is 1.15 bits per heavy atom. The van der Waals surface area contributed by atoms with Crippen LogP contribution in [0.2, 0.25) is 0 Å². The molecule has 1 aliphatic rings. The lowest BCUT2D eigenvalue weighted by Gasteiger charge is -2.38. The zero-order chi connectivity index (χ0) is 10.0. The molecule has 78 valence electrons. The van der Waals surface area contributed by atoms with Crippen LogP contribution >= 0.6 is 0 Å². The molecule has 13 heavy (non-hydrogen) atoms. The Labute approximate surface area is 75.3 Å². The molecule has 1 heterocycles. The smallest absolute Gasteiger partial charge is 0.186 e. The molecule has 0 aromatic rings. The third-order valence-corrected chi connectivity index (χ3v) is 2.08. The molecule has 1 unspecified atom stereocenters. The van der Waals surface area contributed by atoms with Crippen molar-refractivity contribution in [1.29, 1.82) is 0 Å². The Hall–Kier alpha value is -0.240.